The van der Waals surface area contributed by atoms with Gasteiger partial charge in [0.1, 0.15) is 0 Å². The van der Waals surface area contributed by atoms with Crippen molar-refractivity contribution in [3.05, 3.63) is 77.2 Å². The van der Waals surface area contributed by atoms with Crippen LogP contribution in [-0.2, 0) is 15.3 Å². The molecule has 0 aliphatic carbocycles. The summed E-state index contributed by atoms with van der Waals surface area (Å²) >= 11 is 1.91. The summed E-state index contributed by atoms with van der Waals surface area (Å²) < 4.78 is 18.1. The van der Waals surface area contributed by atoms with Gasteiger partial charge >= 0.3 is 6.01 Å². The molecule has 2 saturated heterocycles. The van der Waals surface area contributed by atoms with Crippen molar-refractivity contribution in [3.63, 3.8) is 0 Å². The Morgan fingerprint density at radius 3 is 2.52 bits per heavy atom. The lowest BCUT2D eigenvalue weighted by molar-refractivity contribution is -0.129. The summed E-state index contributed by atoms with van der Waals surface area (Å²) in [7, 11) is 0. The predicted octanol–water partition coefficient (Wildman–Crippen LogP) is 3.46. The number of ether oxygens (including phenoxy) is 2. The third-order valence-electron chi connectivity index (χ3n) is 5.96. The lowest BCUT2D eigenvalue weighted by Crippen LogP contribution is -2.42. The van der Waals surface area contributed by atoms with Crippen molar-refractivity contribution in [1.82, 2.24) is 15.1 Å². The average Bonchev–Trinajstić information content (AvgIpc) is 3.56. The Balaban J connectivity index is 1.39. The van der Waals surface area contributed by atoms with Gasteiger partial charge in [-0.15, -0.1) is 5.10 Å². The molecule has 3 aromatic rings. The van der Waals surface area contributed by atoms with Gasteiger partial charge in [0.05, 0.1) is 19.1 Å². The highest BCUT2D eigenvalue weighted by Gasteiger charge is 2.40. The number of nitrogens with zero attached hydrogens (tertiary/aromatic N) is 4. The van der Waals surface area contributed by atoms with Gasteiger partial charge in [-0.05, 0) is 18.6 Å². The smallest absolute Gasteiger partial charge is 0.345 e. The van der Waals surface area contributed by atoms with E-state index in [1.54, 1.807) is 0 Å². The number of aromatic nitrogens is 2. The Morgan fingerprint density at radius 1 is 1.03 bits per heavy atom. The zero-order chi connectivity index (χ0) is 22.7. The van der Waals surface area contributed by atoms with Crippen LogP contribution in [0.1, 0.15) is 35.4 Å². The molecule has 0 radical (unpaired) electrons. The fourth-order valence-corrected chi connectivity index (χ4v) is 5.04. The molecule has 172 valence electrons. The van der Waals surface area contributed by atoms with E-state index in [0.29, 0.717) is 25.1 Å². The number of thioether (sulfide) groups is 1. The van der Waals surface area contributed by atoms with Gasteiger partial charge in [-0.25, -0.2) is 0 Å². The van der Waals surface area contributed by atoms with Crippen molar-refractivity contribution in [2.45, 2.75) is 18.6 Å². The fraction of sp³-hybridized carbons (Fsp3) is 0.375. The molecule has 3 heterocycles. The monoisotopic (exact) mass is 465 g/mol. The van der Waals surface area contributed by atoms with Crippen LogP contribution in [0.15, 0.2) is 64.0 Å². The quantitative estimate of drug-likeness (QED) is 0.452. The first-order valence-electron chi connectivity index (χ1n) is 11.1. The molecular weight excluding hydrogens is 438 g/mol. The second kappa shape index (κ2) is 9.54. The molecule has 0 saturated carbocycles. The van der Waals surface area contributed by atoms with E-state index in [9.17, 15) is 0 Å². The highest BCUT2D eigenvalue weighted by atomic mass is 32.2. The maximum absolute atomic E-state index is 6.15. The van der Waals surface area contributed by atoms with Crippen LogP contribution < -0.4 is 5.73 Å². The molecule has 1 atom stereocenters. The SMILES string of the molecule is CC(c1cccc(C2(c3ccccc3)OCCO2)c1)c1nnc(/N=C(\N)N2CCSCC2)o1. The minimum Gasteiger partial charge on any atom is -0.406 e. The van der Waals surface area contributed by atoms with Gasteiger partial charge in [0.25, 0.3) is 0 Å². The van der Waals surface area contributed by atoms with Crippen LogP contribution in [0.2, 0.25) is 0 Å². The molecule has 2 aliphatic rings. The zero-order valence-corrected chi connectivity index (χ0v) is 19.3. The second-order valence-electron chi connectivity index (χ2n) is 8.02. The van der Waals surface area contributed by atoms with Crippen LogP contribution >= 0.6 is 11.8 Å². The van der Waals surface area contributed by atoms with Crippen molar-refractivity contribution >= 4 is 23.7 Å². The largest absolute Gasteiger partial charge is 0.406 e. The van der Waals surface area contributed by atoms with E-state index in [2.05, 4.69) is 21.3 Å². The zero-order valence-electron chi connectivity index (χ0n) is 18.5. The third-order valence-corrected chi connectivity index (χ3v) is 6.90. The van der Waals surface area contributed by atoms with E-state index in [-0.39, 0.29) is 11.9 Å². The predicted molar refractivity (Wildman–Crippen MR) is 128 cm³/mol. The normalized spacial score (nSPS) is 19.5. The molecule has 33 heavy (non-hydrogen) atoms. The maximum Gasteiger partial charge on any atom is 0.345 e. The summed E-state index contributed by atoms with van der Waals surface area (Å²) in [6, 6.07) is 18.3. The minimum absolute atomic E-state index is 0.136. The molecule has 2 fully saturated rings. The first-order valence-corrected chi connectivity index (χ1v) is 12.3. The molecule has 1 aromatic heterocycles. The Morgan fingerprint density at radius 2 is 1.76 bits per heavy atom. The molecule has 0 bridgehead atoms. The fourth-order valence-electron chi connectivity index (χ4n) is 4.13. The molecule has 2 aliphatic heterocycles. The Hall–Kier alpha value is -2.88. The Bertz CT molecular complexity index is 1110. The number of aliphatic imine (C=N–C) groups is 1. The van der Waals surface area contributed by atoms with Gasteiger partial charge < -0.3 is 24.5 Å². The van der Waals surface area contributed by atoms with Crippen LogP contribution in [0, 0.1) is 0 Å². The maximum atomic E-state index is 6.15. The summed E-state index contributed by atoms with van der Waals surface area (Å²) in [5.41, 5.74) is 9.06. The molecule has 8 nitrogen and oxygen atoms in total. The highest BCUT2D eigenvalue weighted by molar-refractivity contribution is 7.99. The number of nitrogens with two attached hydrogens (primary N) is 1. The van der Waals surface area contributed by atoms with Crippen molar-refractivity contribution in [3.8, 4) is 0 Å². The second-order valence-corrected chi connectivity index (χ2v) is 9.24. The minimum atomic E-state index is -0.914. The summed E-state index contributed by atoms with van der Waals surface area (Å²) in [6.07, 6.45) is 0. The van der Waals surface area contributed by atoms with E-state index < -0.39 is 5.79 Å². The van der Waals surface area contributed by atoms with Crippen molar-refractivity contribution < 1.29 is 13.9 Å². The van der Waals surface area contributed by atoms with Gasteiger partial charge in [-0.2, -0.15) is 16.8 Å². The van der Waals surface area contributed by atoms with Crippen molar-refractivity contribution in [2.75, 3.05) is 37.8 Å². The molecule has 9 heteroatoms. The van der Waals surface area contributed by atoms with Crippen LogP contribution in [0.25, 0.3) is 0 Å². The van der Waals surface area contributed by atoms with Crippen LogP contribution in [0.3, 0.4) is 0 Å². The average molecular weight is 466 g/mol. The van der Waals surface area contributed by atoms with E-state index >= 15 is 0 Å². The van der Waals surface area contributed by atoms with E-state index in [1.165, 1.54) is 0 Å². The van der Waals surface area contributed by atoms with Gasteiger partial charge in [-0.3, -0.25) is 0 Å². The van der Waals surface area contributed by atoms with Crippen LogP contribution in [0.5, 0.6) is 0 Å². The van der Waals surface area contributed by atoms with E-state index in [1.807, 2.05) is 72.1 Å². The van der Waals surface area contributed by atoms with Gasteiger partial charge in [-0.1, -0.05) is 53.6 Å². The van der Waals surface area contributed by atoms with E-state index in [4.69, 9.17) is 19.6 Å². The number of rotatable bonds is 5. The molecule has 5 rings (SSSR count). The topological polar surface area (TPSA) is 99.0 Å². The molecule has 2 N–H and O–H groups in total. The standard InChI is InChI=1S/C24H27N5O3S/c1-17(21-27-28-23(32-21)26-22(25)29-10-14-33-15-11-29)18-6-5-9-20(16-18)24(30-12-13-31-24)19-7-3-2-4-8-19/h2-9,16-17H,10-15H2,1H3,(H2,25,26,28). The van der Waals surface area contributed by atoms with E-state index in [0.717, 1.165) is 41.3 Å². The molecule has 1 unspecified atom stereocenters. The first kappa shape index (κ1) is 21.9. The highest BCUT2D eigenvalue weighted by Crippen LogP contribution is 2.39. The number of hydrogen-bond acceptors (Lipinski definition) is 7. The lowest BCUT2D eigenvalue weighted by atomic mass is 9.92. The lowest BCUT2D eigenvalue weighted by Gasteiger charge is -2.29. The van der Waals surface area contributed by atoms with Gasteiger partial charge in [0, 0.05) is 35.7 Å². The van der Waals surface area contributed by atoms with Crippen LogP contribution in [-0.4, -0.2) is 58.9 Å². The molecule has 2 aromatic carbocycles. The third kappa shape index (κ3) is 4.48. The number of hydrogen-bond donors (Lipinski definition) is 1. The number of guanidine groups is 1. The summed E-state index contributed by atoms with van der Waals surface area (Å²) in [5.74, 6) is 1.92. The molecule has 0 spiro atoms. The van der Waals surface area contributed by atoms with Crippen molar-refractivity contribution in [1.29, 1.82) is 0 Å². The van der Waals surface area contributed by atoms with Crippen molar-refractivity contribution in [2.24, 2.45) is 10.7 Å². The summed E-state index contributed by atoms with van der Waals surface area (Å²) in [6.45, 7) is 4.85. The Kier molecular flexibility index (Phi) is 6.34. The molecular formula is C24H27N5O3S. The first-order chi connectivity index (χ1) is 16.2. The summed E-state index contributed by atoms with van der Waals surface area (Å²) in [5, 5.41) is 8.32. The Labute approximate surface area is 197 Å². The molecule has 0 amide bonds. The van der Waals surface area contributed by atoms with Gasteiger partial charge in [0.15, 0.2) is 0 Å². The number of benzene rings is 2. The van der Waals surface area contributed by atoms with Crippen LogP contribution in [0.4, 0.5) is 6.01 Å². The summed E-state index contributed by atoms with van der Waals surface area (Å²) in [4.78, 5) is 6.38. The van der Waals surface area contributed by atoms with Gasteiger partial charge in [0.2, 0.25) is 17.6 Å².